The average molecular weight is 522 g/mol. The third-order valence-corrected chi connectivity index (χ3v) is 5.84. The maximum absolute atomic E-state index is 10.7. The van der Waals surface area contributed by atoms with Crippen LogP contribution in [0, 0.1) is 0 Å². The van der Waals surface area contributed by atoms with Crippen LogP contribution < -0.4 is 9.47 Å². The Morgan fingerprint density at radius 2 is 1.15 bits per heavy atom. The number of aldehydes is 1. The van der Waals surface area contributed by atoms with Crippen LogP contribution in [0.1, 0.15) is 15.9 Å². The molecule has 2 aromatic heterocycles. The molecule has 194 valence electrons. The fourth-order valence-corrected chi connectivity index (χ4v) is 3.82. The van der Waals surface area contributed by atoms with Gasteiger partial charge in [0.05, 0.1) is 20.4 Å². The van der Waals surface area contributed by atoms with E-state index in [1.165, 1.54) is 6.21 Å². The SMILES string of the molecule is COc1ccc(-c2nc3cc(/C=N/O)ccc3o2)cc1.COc1ccc(-c2nc3cc(C=O)ccc3o2)cc1. The number of oxazole rings is 2. The van der Waals surface area contributed by atoms with Crippen molar-refractivity contribution in [2.75, 3.05) is 14.2 Å². The number of methoxy groups -OCH3 is 2. The Morgan fingerprint density at radius 3 is 1.59 bits per heavy atom. The Bertz CT molecular complexity index is 1750. The van der Waals surface area contributed by atoms with Gasteiger partial charge >= 0.3 is 0 Å². The van der Waals surface area contributed by atoms with Crippen LogP contribution in [0.2, 0.25) is 0 Å². The van der Waals surface area contributed by atoms with Gasteiger partial charge in [-0.25, -0.2) is 9.97 Å². The summed E-state index contributed by atoms with van der Waals surface area (Å²) in [5, 5.41) is 11.5. The van der Waals surface area contributed by atoms with Crippen LogP contribution in [0.25, 0.3) is 45.1 Å². The van der Waals surface area contributed by atoms with Crippen molar-refractivity contribution in [1.29, 1.82) is 0 Å². The van der Waals surface area contributed by atoms with Crippen molar-refractivity contribution >= 4 is 34.7 Å². The summed E-state index contributed by atoms with van der Waals surface area (Å²) in [5.74, 6) is 2.64. The van der Waals surface area contributed by atoms with Crippen molar-refractivity contribution < 1.29 is 28.3 Å². The van der Waals surface area contributed by atoms with E-state index in [2.05, 4.69) is 15.1 Å². The maximum Gasteiger partial charge on any atom is 0.227 e. The zero-order valence-corrected chi connectivity index (χ0v) is 21.1. The van der Waals surface area contributed by atoms with E-state index in [4.69, 9.17) is 23.5 Å². The first-order valence-electron chi connectivity index (χ1n) is 11.8. The van der Waals surface area contributed by atoms with Crippen LogP contribution >= 0.6 is 0 Å². The molecule has 0 amide bonds. The number of oxime groups is 1. The summed E-state index contributed by atoms with van der Waals surface area (Å²) >= 11 is 0. The van der Waals surface area contributed by atoms with Gasteiger partial charge in [0.1, 0.15) is 28.8 Å². The van der Waals surface area contributed by atoms with E-state index in [-0.39, 0.29) is 0 Å². The quantitative estimate of drug-likeness (QED) is 0.112. The molecule has 39 heavy (non-hydrogen) atoms. The molecule has 0 saturated carbocycles. The van der Waals surface area contributed by atoms with E-state index >= 15 is 0 Å². The highest BCUT2D eigenvalue weighted by Crippen LogP contribution is 2.27. The predicted molar refractivity (Wildman–Crippen MR) is 147 cm³/mol. The van der Waals surface area contributed by atoms with Crippen molar-refractivity contribution in [3.05, 3.63) is 96.1 Å². The number of carbonyl (C=O) groups excluding carboxylic acids is 1. The Kier molecular flexibility index (Phi) is 7.31. The largest absolute Gasteiger partial charge is 0.497 e. The summed E-state index contributed by atoms with van der Waals surface area (Å²) in [7, 11) is 3.24. The predicted octanol–water partition coefficient (Wildman–Crippen LogP) is 6.63. The highest BCUT2D eigenvalue weighted by Gasteiger charge is 2.10. The summed E-state index contributed by atoms with van der Waals surface area (Å²) in [6.07, 6.45) is 2.14. The molecule has 0 radical (unpaired) electrons. The second-order valence-electron chi connectivity index (χ2n) is 8.31. The molecule has 0 saturated heterocycles. The number of carbonyl (C=O) groups is 1. The van der Waals surface area contributed by atoms with Gasteiger partial charge in [0, 0.05) is 16.7 Å². The van der Waals surface area contributed by atoms with Crippen molar-refractivity contribution in [3.8, 4) is 34.4 Å². The molecule has 0 aliphatic carbocycles. The summed E-state index contributed by atoms with van der Waals surface area (Å²) in [6, 6.07) is 25.5. The van der Waals surface area contributed by atoms with E-state index in [1.807, 2.05) is 48.5 Å². The van der Waals surface area contributed by atoms with Gasteiger partial charge in [0.2, 0.25) is 11.8 Å². The molecular formula is C30H23N3O6. The van der Waals surface area contributed by atoms with Gasteiger partial charge in [-0.05, 0) is 90.5 Å². The monoisotopic (exact) mass is 521 g/mol. The van der Waals surface area contributed by atoms with Crippen LogP contribution in [0.4, 0.5) is 0 Å². The van der Waals surface area contributed by atoms with Gasteiger partial charge in [-0.2, -0.15) is 0 Å². The number of hydrogen-bond acceptors (Lipinski definition) is 9. The van der Waals surface area contributed by atoms with Crippen molar-refractivity contribution in [1.82, 2.24) is 9.97 Å². The molecule has 2 heterocycles. The van der Waals surface area contributed by atoms with Gasteiger partial charge in [-0.1, -0.05) is 5.16 Å². The number of ether oxygens (including phenoxy) is 2. The molecule has 0 fully saturated rings. The van der Waals surface area contributed by atoms with E-state index in [0.29, 0.717) is 39.5 Å². The molecule has 6 rings (SSSR count). The minimum Gasteiger partial charge on any atom is -0.497 e. The van der Waals surface area contributed by atoms with E-state index in [0.717, 1.165) is 34.5 Å². The fraction of sp³-hybridized carbons (Fsp3) is 0.0667. The first kappa shape index (κ1) is 25.2. The number of rotatable bonds is 6. The zero-order chi connectivity index (χ0) is 27.2. The van der Waals surface area contributed by atoms with Crippen LogP contribution in [0.15, 0.2) is 98.9 Å². The summed E-state index contributed by atoms with van der Waals surface area (Å²) in [6.45, 7) is 0. The molecule has 0 unspecified atom stereocenters. The Labute approximate surface area is 222 Å². The molecule has 0 aliphatic rings. The third-order valence-electron chi connectivity index (χ3n) is 5.84. The van der Waals surface area contributed by atoms with Crippen molar-refractivity contribution in [2.24, 2.45) is 5.16 Å². The minimum atomic E-state index is 0.528. The van der Waals surface area contributed by atoms with Gasteiger partial charge in [-0.15, -0.1) is 0 Å². The molecule has 0 spiro atoms. The fourth-order valence-electron chi connectivity index (χ4n) is 3.82. The lowest BCUT2D eigenvalue weighted by molar-refractivity contribution is 0.112. The van der Waals surface area contributed by atoms with Gasteiger partial charge in [-0.3, -0.25) is 4.79 Å². The van der Waals surface area contributed by atoms with Crippen LogP contribution in [-0.2, 0) is 0 Å². The molecular weight excluding hydrogens is 498 g/mol. The van der Waals surface area contributed by atoms with E-state index in [1.54, 1.807) is 50.6 Å². The van der Waals surface area contributed by atoms with Crippen LogP contribution in [0.3, 0.4) is 0 Å². The molecule has 6 aromatic rings. The van der Waals surface area contributed by atoms with Gasteiger partial charge < -0.3 is 23.5 Å². The Morgan fingerprint density at radius 1 is 0.692 bits per heavy atom. The lowest BCUT2D eigenvalue weighted by Gasteiger charge is -1.99. The number of benzene rings is 4. The van der Waals surface area contributed by atoms with Crippen molar-refractivity contribution in [3.63, 3.8) is 0 Å². The molecule has 1 N–H and O–H groups in total. The number of aromatic nitrogens is 2. The molecule has 0 aliphatic heterocycles. The minimum absolute atomic E-state index is 0.528. The van der Waals surface area contributed by atoms with E-state index < -0.39 is 0 Å². The zero-order valence-electron chi connectivity index (χ0n) is 21.1. The molecule has 0 atom stereocenters. The first-order chi connectivity index (χ1) is 19.1. The highest BCUT2D eigenvalue weighted by atomic mass is 16.5. The lowest BCUT2D eigenvalue weighted by atomic mass is 10.2. The second-order valence-corrected chi connectivity index (χ2v) is 8.31. The van der Waals surface area contributed by atoms with Gasteiger partial charge in [0.15, 0.2) is 11.2 Å². The first-order valence-corrected chi connectivity index (χ1v) is 11.8. The maximum atomic E-state index is 10.7. The normalized spacial score (nSPS) is 10.9. The Balaban J connectivity index is 0.000000158. The summed E-state index contributed by atoms with van der Waals surface area (Å²) in [4.78, 5) is 19.5. The number of hydrogen-bond donors (Lipinski definition) is 1. The smallest absolute Gasteiger partial charge is 0.227 e. The van der Waals surface area contributed by atoms with Crippen LogP contribution in [0.5, 0.6) is 11.5 Å². The molecule has 0 bridgehead atoms. The third kappa shape index (κ3) is 5.62. The van der Waals surface area contributed by atoms with Crippen molar-refractivity contribution in [2.45, 2.75) is 0 Å². The lowest BCUT2D eigenvalue weighted by Crippen LogP contribution is -1.82. The standard InChI is InChI=1S/C15H12N2O3.C15H11NO3/c1-19-12-5-3-11(4-6-12)15-17-13-8-10(9-16-18)2-7-14(13)20-15;1-18-12-5-3-11(4-6-12)15-16-13-8-10(9-17)2-7-14(13)19-15/h2-9,18H,1H3;2-9H,1H3/b16-9+;. The highest BCUT2D eigenvalue weighted by molar-refractivity contribution is 5.87. The summed E-state index contributed by atoms with van der Waals surface area (Å²) in [5.41, 5.74) is 5.83. The van der Waals surface area contributed by atoms with Gasteiger partial charge in [0.25, 0.3) is 0 Å². The number of nitrogens with zero attached hydrogens (tertiary/aromatic N) is 3. The number of fused-ring (bicyclic) bond motifs is 2. The van der Waals surface area contributed by atoms with Crippen LogP contribution in [-0.4, -0.2) is 41.9 Å². The Hall–Kier alpha value is -5.44. The topological polar surface area (TPSA) is 120 Å². The second kappa shape index (κ2) is 11.3. The molecule has 4 aromatic carbocycles. The van der Waals surface area contributed by atoms with E-state index in [9.17, 15) is 4.79 Å². The molecule has 9 heteroatoms. The summed E-state index contributed by atoms with van der Waals surface area (Å²) < 4.78 is 21.6. The average Bonchev–Trinajstić information content (AvgIpc) is 3.61. The molecule has 9 nitrogen and oxygen atoms in total.